The van der Waals surface area contributed by atoms with E-state index < -0.39 is 11.0 Å². The van der Waals surface area contributed by atoms with Crippen molar-refractivity contribution in [1.82, 2.24) is 0 Å². The first-order valence-corrected chi connectivity index (χ1v) is 7.34. The van der Waals surface area contributed by atoms with E-state index in [-0.39, 0.29) is 11.6 Å². The van der Waals surface area contributed by atoms with E-state index in [0.717, 1.165) is 17.7 Å². The van der Waals surface area contributed by atoms with Crippen molar-refractivity contribution in [2.24, 2.45) is 0 Å². The van der Waals surface area contributed by atoms with Crippen molar-refractivity contribution >= 4 is 17.3 Å². The number of carbonyl (C=O) groups is 1. The molecule has 1 atom stereocenters. The number of nitro groups is 1. The maximum Gasteiger partial charge on any atom is 0.269 e. The van der Waals surface area contributed by atoms with Crippen molar-refractivity contribution in [3.63, 3.8) is 0 Å². The number of nitrogens with one attached hydrogen (secondary N) is 1. The van der Waals surface area contributed by atoms with E-state index in [0.29, 0.717) is 12.1 Å². The number of fused-ring (bicyclic) bond motifs is 1. The first-order valence-electron chi connectivity index (χ1n) is 7.34. The lowest BCUT2D eigenvalue weighted by Gasteiger charge is -2.25. The van der Waals surface area contributed by atoms with Crippen LogP contribution in [0.15, 0.2) is 42.5 Å². The minimum absolute atomic E-state index is 0.0128. The molecule has 1 unspecified atom stereocenters. The van der Waals surface area contributed by atoms with Gasteiger partial charge in [-0.05, 0) is 43.5 Å². The van der Waals surface area contributed by atoms with Gasteiger partial charge in [-0.15, -0.1) is 0 Å². The fourth-order valence-corrected chi connectivity index (χ4v) is 2.59. The van der Waals surface area contributed by atoms with E-state index in [1.165, 1.54) is 29.8 Å². The van der Waals surface area contributed by atoms with Crippen molar-refractivity contribution in [3.8, 4) is 5.75 Å². The first-order chi connectivity index (χ1) is 11.0. The van der Waals surface area contributed by atoms with Crippen LogP contribution in [0.2, 0.25) is 0 Å². The first kappa shape index (κ1) is 15.0. The predicted molar refractivity (Wildman–Crippen MR) is 85.6 cm³/mol. The van der Waals surface area contributed by atoms with Gasteiger partial charge in [0.05, 0.1) is 4.92 Å². The summed E-state index contributed by atoms with van der Waals surface area (Å²) in [5.41, 5.74) is 2.78. The highest BCUT2D eigenvalue weighted by atomic mass is 16.6. The third-order valence-corrected chi connectivity index (χ3v) is 3.80. The van der Waals surface area contributed by atoms with E-state index >= 15 is 0 Å². The Morgan fingerprint density at radius 3 is 2.70 bits per heavy atom. The summed E-state index contributed by atoms with van der Waals surface area (Å²) in [6, 6.07) is 11.6. The van der Waals surface area contributed by atoms with E-state index in [4.69, 9.17) is 4.74 Å². The van der Waals surface area contributed by atoms with E-state index in [9.17, 15) is 14.9 Å². The van der Waals surface area contributed by atoms with Gasteiger partial charge in [0, 0.05) is 17.8 Å². The molecule has 6 heteroatoms. The summed E-state index contributed by atoms with van der Waals surface area (Å²) in [5.74, 6) is 0.496. The van der Waals surface area contributed by atoms with E-state index in [2.05, 4.69) is 11.4 Å². The molecule has 1 aliphatic heterocycles. The summed E-state index contributed by atoms with van der Waals surface area (Å²) in [6.07, 6.45) is 0.838. The molecule has 0 aromatic heterocycles. The van der Waals surface area contributed by atoms with Gasteiger partial charge < -0.3 is 10.1 Å². The van der Waals surface area contributed by atoms with Crippen LogP contribution in [-0.4, -0.2) is 16.9 Å². The number of ether oxygens (including phenoxy) is 1. The van der Waals surface area contributed by atoms with Gasteiger partial charge in [0.2, 0.25) is 0 Å². The van der Waals surface area contributed by atoms with Crippen molar-refractivity contribution in [2.75, 3.05) is 5.32 Å². The number of nitrogens with zero attached hydrogens (tertiary/aromatic N) is 1. The fraction of sp³-hybridized carbons (Fsp3) is 0.235. The lowest BCUT2D eigenvalue weighted by atomic mass is 10.00. The standard InChI is InChI=1S/C17H16N2O4/c1-11-2-8-15-12(10-11)3-9-16(23-15)17(20)18-13-4-6-14(7-5-13)19(21)22/h2,4-8,10,16H,3,9H2,1H3,(H,18,20). The summed E-state index contributed by atoms with van der Waals surface area (Å²) >= 11 is 0. The number of carbonyl (C=O) groups excluding carboxylic acids is 1. The van der Waals surface area contributed by atoms with Crippen LogP contribution in [0.1, 0.15) is 17.5 Å². The quantitative estimate of drug-likeness (QED) is 0.697. The molecule has 0 fully saturated rings. The van der Waals surface area contributed by atoms with Gasteiger partial charge in [0.25, 0.3) is 11.6 Å². The van der Waals surface area contributed by atoms with Crippen LogP contribution in [0, 0.1) is 17.0 Å². The zero-order valence-corrected chi connectivity index (χ0v) is 12.6. The highest BCUT2D eigenvalue weighted by Crippen LogP contribution is 2.29. The molecule has 3 rings (SSSR count). The molecule has 0 saturated heterocycles. The van der Waals surface area contributed by atoms with Gasteiger partial charge in [0.1, 0.15) is 5.75 Å². The number of hydrogen-bond acceptors (Lipinski definition) is 4. The molecule has 118 valence electrons. The van der Waals surface area contributed by atoms with Crippen molar-refractivity contribution in [3.05, 3.63) is 63.7 Å². The minimum Gasteiger partial charge on any atom is -0.480 e. The lowest BCUT2D eigenvalue weighted by Crippen LogP contribution is -2.35. The van der Waals surface area contributed by atoms with Gasteiger partial charge in [0.15, 0.2) is 6.10 Å². The molecule has 2 aromatic rings. The van der Waals surface area contributed by atoms with E-state index in [1.54, 1.807) is 0 Å². The Labute approximate surface area is 133 Å². The molecule has 6 nitrogen and oxygen atoms in total. The molecule has 1 N–H and O–H groups in total. The third-order valence-electron chi connectivity index (χ3n) is 3.80. The average Bonchev–Trinajstić information content (AvgIpc) is 2.54. The highest BCUT2D eigenvalue weighted by Gasteiger charge is 2.26. The maximum absolute atomic E-state index is 12.3. The van der Waals surface area contributed by atoms with Crippen LogP contribution in [-0.2, 0) is 11.2 Å². The summed E-state index contributed by atoms with van der Waals surface area (Å²) in [6.45, 7) is 2.02. The summed E-state index contributed by atoms with van der Waals surface area (Å²) in [7, 11) is 0. The molecule has 0 radical (unpaired) electrons. The highest BCUT2D eigenvalue weighted by molar-refractivity contribution is 5.94. The summed E-state index contributed by atoms with van der Waals surface area (Å²) < 4.78 is 5.76. The van der Waals surface area contributed by atoms with Gasteiger partial charge in [-0.25, -0.2) is 0 Å². The maximum atomic E-state index is 12.3. The molecular weight excluding hydrogens is 296 g/mol. The number of rotatable bonds is 3. The van der Waals surface area contributed by atoms with Crippen molar-refractivity contribution < 1.29 is 14.5 Å². The van der Waals surface area contributed by atoms with Crippen LogP contribution < -0.4 is 10.1 Å². The molecule has 23 heavy (non-hydrogen) atoms. The zero-order chi connectivity index (χ0) is 16.4. The Hall–Kier alpha value is -2.89. The number of non-ortho nitro benzene ring substituents is 1. The smallest absolute Gasteiger partial charge is 0.269 e. The number of aryl methyl sites for hydroxylation is 2. The zero-order valence-electron chi connectivity index (χ0n) is 12.6. The number of nitro benzene ring substituents is 1. The fourth-order valence-electron chi connectivity index (χ4n) is 2.59. The molecule has 0 aliphatic carbocycles. The van der Waals surface area contributed by atoms with Crippen LogP contribution in [0.25, 0.3) is 0 Å². The van der Waals surface area contributed by atoms with Crippen LogP contribution >= 0.6 is 0 Å². The number of benzene rings is 2. The monoisotopic (exact) mass is 312 g/mol. The normalized spacial score (nSPS) is 16.1. The Bertz CT molecular complexity index is 756. The molecular formula is C17H16N2O4. The van der Waals surface area contributed by atoms with Crippen LogP contribution in [0.3, 0.4) is 0 Å². The Kier molecular flexibility index (Phi) is 3.97. The second kappa shape index (κ2) is 6.08. The second-order valence-electron chi connectivity index (χ2n) is 5.55. The molecule has 1 heterocycles. The van der Waals surface area contributed by atoms with Gasteiger partial charge in [-0.2, -0.15) is 0 Å². The molecule has 0 spiro atoms. The Morgan fingerprint density at radius 1 is 1.26 bits per heavy atom. The lowest BCUT2D eigenvalue weighted by molar-refractivity contribution is -0.384. The molecule has 1 aliphatic rings. The van der Waals surface area contributed by atoms with Gasteiger partial charge in [-0.1, -0.05) is 17.7 Å². The Balaban J connectivity index is 1.67. The van der Waals surface area contributed by atoms with Crippen molar-refractivity contribution in [2.45, 2.75) is 25.9 Å². The number of hydrogen-bond donors (Lipinski definition) is 1. The SMILES string of the molecule is Cc1ccc2c(c1)CCC(C(=O)Nc1ccc([N+](=O)[O-])cc1)O2. The predicted octanol–water partition coefficient (Wildman–Crippen LogP) is 3.24. The average molecular weight is 312 g/mol. The molecule has 2 aromatic carbocycles. The van der Waals surface area contributed by atoms with Gasteiger partial charge in [-0.3, -0.25) is 14.9 Å². The second-order valence-corrected chi connectivity index (χ2v) is 5.55. The van der Waals surface area contributed by atoms with Gasteiger partial charge >= 0.3 is 0 Å². The van der Waals surface area contributed by atoms with Crippen LogP contribution in [0.4, 0.5) is 11.4 Å². The van der Waals surface area contributed by atoms with Crippen molar-refractivity contribution in [1.29, 1.82) is 0 Å². The van der Waals surface area contributed by atoms with Crippen LogP contribution in [0.5, 0.6) is 5.75 Å². The minimum atomic E-state index is -0.555. The largest absolute Gasteiger partial charge is 0.480 e. The topological polar surface area (TPSA) is 81.5 Å². The number of anilines is 1. The molecule has 0 bridgehead atoms. The number of amides is 1. The molecule has 1 amide bonds. The Morgan fingerprint density at radius 2 is 2.00 bits per heavy atom. The molecule has 0 saturated carbocycles. The summed E-state index contributed by atoms with van der Waals surface area (Å²) in [4.78, 5) is 22.4. The summed E-state index contributed by atoms with van der Waals surface area (Å²) in [5, 5.41) is 13.4. The van der Waals surface area contributed by atoms with E-state index in [1.807, 2.05) is 19.1 Å². The third kappa shape index (κ3) is 3.31.